The number of hydrogen-bond acceptors (Lipinski definition) is 2. The number of rotatable bonds is 4. The summed E-state index contributed by atoms with van der Waals surface area (Å²) >= 11 is 0. The minimum absolute atomic E-state index is 0.0291. The lowest BCUT2D eigenvalue weighted by atomic mass is 9.94. The predicted molar refractivity (Wildman–Crippen MR) is 72.5 cm³/mol. The summed E-state index contributed by atoms with van der Waals surface area (Å²) in [5.74, 6) is -3.83. The number of carbonyl (C=O) groups excluding carboxylic acids is 1. The zero-order valence-corrected chi connectivity index (χ0v) is 11.3. The van der Waals surface area contributed by atoms with Crippen molar-refractivity contribution in [3.8, 4) is 5.75 Å². The van der Waals surface area contributed by atoms with Crippen molar-refractivity contribution >= 4 is 12.0 Å². The first-order valence-corrected chi connectivity index (χ1v) is 6.67. The lowest BCUT2D eigenvalue weighted by Gasteiger charge is -2.28. The minimum atomic E-state index is -2.64. The first-order valence-electron chi connectivity index (χ1n) is 6.67. The summed E-state index contributed by atoms with van der Waals surface area (Å²) in [6, 6.07) is 4.18. The molecule has 0 radical (unpaired) electrons. The smallest absolute Gasteiger partial charge is 0.248 e. The molecule has 0 atom stereocenters. The Morgan fingerprint density at radius 2 is 2.00 bits per heavy atom. The Labute approximate surface area is 120 Å². The van der Waals surface area contributed by atoms with Crippen LogP contribution in [0, 0.1) is 5.82 Å². The van der Waals surface area contributed by atoms with E-state index in [0.29, 0.717) is 5.56 Å². The molecule has 1 saturated carbocycles. The maximum atomic E-state index is 13.9. The van der Waals surface area contributed by atoms with Gasteiger partial charge in [-0.25, -0.2) is 13.2 Å². The molecule has 1 aromatic carbocycles. The van der Waals surface area contributed by atoms with Gasteiger partial charge in [-0.3, -0.25) is 4.79 Å². The molecule has 0 aromatic heterocycles. The number of nitrogens with two attached hydrogens (primary N) is 1. The normalized spacial score (nSPS) is 18.8. The van der Waals surface area contributed by atoms with Crippen molar-refractivity contribution < 1.29 is 22.7 Å². The summed E-state index contributed by atoms with van der Waals surface area (Å²) in [4.78, 5) is 10.6. The highest BCUT2D eigenvalue weighted by atomic mass is 19.3. The number of ether oxygens (including phenoxy) is 1. The third kappa shape index (κ3) is 4.51. The summed E-state index contributed by atoms with van der Waals surface area (Å²) in [5, 5.41) is 0. The lowest BCUT2D eigenvalue weighted by molar-refractivity contribution is -0.113. The maximum Gasteiger partial charge on any atom is 0.248 e. The zero-order valence-electron chi connectivity index (χ0n) is 11.3. The molecule has 0 aliphatic heterocycles. The number of amides is 1. The van der Waals surface area contributed by atoms with Gasteiger partial charge in [-0.05, 0) is 36.6 Å². The van der Waals surface area contributed by atoms with Crippen LogP contribution in [0.5, 0.6) is 5.75 Å². The average Bonchev–Trinajstić information content (AvgIpc) is 2.41. The minimum Gasteiger partial charge on any atom is -0.487 e. The molecule has 3 nitrogen and oxygen atoms in total. The maximum absolute atomic E-state index is 13.9. The molecule has 1 aliphatic rings. The van der Waals surface area contributed by atoms with Crippen LogP contribution >= 0.6 is 0 Å². The van der Waals surface area contributed by atoms with Gasteiger partial charge in [0.05, 0.1) is 6.10 Å². The standard InChI is InChI=1S/C15H16F3NO2/c16-12-9-10(2-4-14(19)20)1-3-13(12)21-11-5-7-15(17,18)8-6-11/h1-4,9,11H,5-8H2,(H2,19,20). The number of carbonyl (C=O) groups is 1. The van der Waals surface area contributed by atoms with Gasteiger partial charge in [0.25, 0.3) is 0 Å². The number of benzene rings is 1. The first-order chi connectivity index (χ1) is 9.85. The van der Waals surface area contributed by atoms with Crippen LogP contribution in [-0.4, -0.2) is 17.9 Å². The molecule has 114 valence electrons. The quantitative estimate of drug-likeness (QED) is 0.867. The average molecular weight is 299 g/mol. The van der Waals surface area contributed by atoms with Crippen molar-refractivity contribution in [1.29, 1.82) is 0 Å². The largest absolute Gasteiger partial charge is 0.487 e. The van der Waals surface area contributed by atoms with Gasteiger partial charge in [-0.1, -0.05) is 6.07 Å². The van der Waals surface area contributed by atoms with Crippen LogP contribution in [0.15, 0.2) is 24.3 Å². The molecule has 0 unspecified atom stereocenters. The van der Waals surface area contributed by atoms with Crippen LogP contribution in [0.3, 0.4) is 0 Å². The Morgan fingerprint density at radius 3 is 2.57 bits per heavy atom. The second kappa shape index (κ2) is 6.20. The van der Waals surface area contributed by atoms with Crippen molar-refractivity contribution in [2.75, 3.05) is 0 Å². The predicted octanol–water partition coefficient (Wildman–Crippen LogP) is 3.28. The second-order valence-corrected chi connectivity index (χ2v) is 5.10. The highest BCUT2D eigenvalue weighted by molar-refractivity contribution is 5.90. The molecule has 1 aromatic rings. The van der Waals surface area contributed by atoms with E-state index in [-0.39, 0.29) is 31.4 Å². The van der Waals surface area contributed by atoms with Gasteiger partial charge in [-0.2, -0.15) is 0 Å². The third-order valence-corrected chi connectivity index (χ3v) is 3.35. The number of alkyl halides is 2. The molecule has 1 amide bonds. The van der Waals surface area contributed by atoms with Gasteiger partial charge < -0.3 is 10.5 Å². The van der Waals surface area contributed by atoms with Crippen molar-refractivity contribution in [2.24, 2.45) is 5.73 Å². The fourth-order valence-electron chi connectivity index (χ4n) is 2.21. The first kappa shape index (κ1) is 15.4. The van der Waals surface area contributed by atoms with E-state index in [2.05, 4.69) is 0 Å². The van der Waals surface area contributed by atoms with E-state index in [9.17, 15) is 18.0 Å². The Morgan fingerprint density at radius 1 is 1.33 bits per heavy atom. The van der Waals surface area contributed by atoms with E-state index in [4.69, 9.17) is 10.5 Å². The topological polar surface area (TPSA) is 52.3 Å². The Bertz CT molecular complexity index is 548. The van der Waals surface area contributed by atoms with Crippen molar-refractivity contribution in [3.05, 3.63) is 35.7 Å². The van der Waals surface area contributed by atoms with Crippen LogP contribution < -0.4 is 10.5 Å². The van der Waals surface area contributed by atoms with Crippen LogP contribution in [-0.2, 0) is 4.79 Å². The molecule has 0 spiro atoms. The molecule has 2 N–H and O–H groups in total. The van der Waals surface area contributed by atoms with E-state index in [1.807, 2.05) is 0 Å². The second-order valence-electron chi connectivity index (χ2n) is 5.10. The summed E-state index contributed by atoms with van der Waals surface area (Å²) in [7, 11) is 0. The summed E-state index contributed by atoms with van der Waals surface area (Å²) in [5.41, 5.74) is 5.41. The number of hydrogen-bond donors (Lipinski definition) is 1. The number of halogens is 3. The van der Waals surface area contributed by atoms with Crippen LogP contribution in [0.4, 0.5) is 13.2 Å². The van der Waals surface area contributed by atoms with Gasteiger partial charge in [0.15, 0.2) is 11.6 Å². The molecule has 0 bridgehead atoms. The molecule has 2 rings (SSSR count). The molecule has 6 heteroatoms. The van der Waals surface area contributed by atoms with Crippen LogP contribution in [0.2, 0.25) is 0 Å². The van der Waals surface area contributed by atoms with Gasteiger partial charge in [0.1, 0.15) is 0 Å². The molecular formula is C15H16F3NO2. The molecule has 0 heterocycles. The van der Waals surface area contributed by atoms with E-state index < -0.39 is 23.8 Å². The van der Waals surface area contributed by atoms with Gasteiger partial charge in [0, 0.05) is 18.9 Å². The van der Waals surface area contributed by atoms with E-state index in [0.717, 1.165) is 6.08 Å². The summed E-state index contributed by atoms with van der Waals surface area (Å²) in [6.07, 6.45) is 2.05. The lowest BCUT2D eigenvalue weighted by Crippen LogP contribution is -2.30. The third-order valence-electron chi connectivity index (χ3n) is 3.35. The van der Waals surface area contributed by atoms with Crippen molar-refractivity contribution in [1.82, 2.24) is 0 Å². The van der Waals surface area contributed by atoms with E-state index >= 15 is 0 Å². The molecule has 0 saturated heterocycles. The monoisotopic (exact) mass is 299 g/mol. The molecule has 1 aliphatic carbocycles. The Balaban J connectivity index is 2.00. The molecular weight excluding hydrogens is 283 g/mol. The highest BCUT2D eigenvalue weighted by Crippen LogP contribution is 2.35. The molecule has 21 heavy (non-hydrogen) atoms. The fraction of sp³-hybridized carbons (Fsp3) is 0.400. The van der Waals surface area contributed by atoms with Crippen LogP contribution in [0.25, 0.3) is 6.08 Å². The zero-order chi connectivity index (χ0) is 15.5. The van der Waals surface area contributed by atoms with Gasteiger partial charge in [-0.15, -0.1) is 0 Å². The van der Waals surface area contributed by atoms with Crippen molar-refractivity contribution in [3.63, 3.8) is 0 Å². The van der Waals surface area contributed by atoms with E-state index in [1.54, 1.807) is 6.07 Å². The van der Waals surface area contributed by atoms with E-state index in [1.165, 1.54) is 18.2 Å². The number of primary amides is 1. The summed E-state index contributed by atoms with van der Waals surface area (Å²) in [6.45, 7) is 0. The van der Waals surface area contributed by atoms with Gasteiger partial charge >= 0.3 is 0 Å². The Hall–Kier alpha value is -1.98. The SMILES string of the molecule is NC(=O)C=Cc1ccc(OC2CCC(F)(F)CC2)c(F)c1. The Kier molecular flexibility index (Phi) is 4.55. The highest BCUT2D eigenvalue weighted by Gasteiger charge is 2.35. The van der Waals surface area contributed by atoms with Crippen molar-refractivity contribution in [2.45, 2.75) is 37.7 Å². The van der Waals surface area contributed by atoms with Gasteiger partial charge in [0.2, 0.25) is 11.8 Å². The summed E-state index contributed by atoms with van der Waals surface area (Å²) < 4.78 is 45.3. The fourth-order valence-corrected chi connectivity index (χ4v) is 2.21. The molecule has 1 fully saturated rings. The van der Waals surface area contributed by atoms with Crippen LogP contribution in [0.1, 0.15) is 31.2 Å².